The molecule has 3 nitrogen and oxygen atoms in total. The summed E-state index contributed by atoms with van der Waals surface area (Å²) in [5.41, 5.74) is 0.265. The third-order valence-corrected chi connectivity index (χ3v) is 1.91. The molecule has 1 N–H and O–H groups in total. The Bertz CT molecular complexity index is 377. The van der Waals surface area contributed by atoms with Crippen LogP contribution in [0.25, 0.3) is 0 Å². The van der Waals surface area contributed by atoms with Crippen molar-refractivity contribution in [1.29, 1.82) is 0 Å². The van der Waals surface area contributed by atoms with E-state index in [-0.39, 0.29) is 11.7 Å². The molecule has 1 heterocycles. The zero-order chi connectivity index (χ0) is 10.1. The van der Waals surface area contributed by atoms with Gasteiger partial charge in [-0.15, -0.1) is 0 Å². The minimum atomic E-state index is -0.964. The SMILES string of the molecule is O=C(Nc1ccc(F)c(F)c1)N1CC1. The predicted octanol–water partition coefficient (Wildman–Crippen LogP) is 1.81. The van der Waals surface area contributed by atoms with Gasteiger partial charge in [-0.2, -0.15) is 0 Å². The summed E-state index contributed by atoms with van der Waals surface area (Å²) in [5.74, 6) is -1.89. The maximum atomic E-state index is 12.7. The number of hydrogen-bond donors (Lipinski definition) is 1. The van der Waals surface area contributed by atoms with E-state index in [1.54, 1.807) is 4.90 Å². The number of carbonyl (C=O) groups is 1. The van der Waals surface area contributed by atoms with Gasteiger partial charge in [-0.25, -0.2) is 13.6 Å². The molecule has 0 unspecified atom stereocenters. The lowest BCUT2D eigenvalue weighted by Crippen LogP contribution is -2.18. The Balaban J connectivity index is 2.08. The second-order valence-corrected chi connectivity index (χ2v) is 3.05. The van der Waals surface area contributed by atoms with E-state index in [4.69, 9.17) is 0 Å². The zero-order valence-electron chi connectivity index (χ0n) is 7.26. The molecule has 1 aliphatic heterocycles. The van der Waals surface area contributed by atoms with Crippen molar-refractivity contribution in [3.63, 3.8) is 0 Å². The minimum absolute atomic E-state index is 0.265. The van der Waals surface area contributed by atoms with Gasteiger partial charge in [0.15, 0.2) is 11.6 Å². The molecular weight excluding hydrogens is 190 g/mol. The highest BCUT2D eigenvalue weighted by atomic mass is 19.2. The Hall–Kier alpha value is -1.65. The minimum Gasteiger partial charge on any atom is -0.321 e. The van der Waals surface area contributed by atoms with Gasteiger partial charge in [0.2, 0.25) is 0 Å². The van der Waals surface area contributed by atoms with Crippen LogP contribution >= 0.6 is 0 Å². The summed E-state index contributed by atoms with van der Waals surface area (Å²) < 4.78 is 25.2. The first-order valence-electron chi connectivity index (χ1n) is 4.18. The Kier molecular flexibility index (Phi) is 2.07. The second-order valence-electron chi connectivity index (χ2n) is 3.05. The van der Waals surface area contributed by atoms with Crippen LogP contribution < -0.4 is 5.32 Å². The van der Waals surface area contributed by atoms with Gasteiger partial charge in [-0.05, 0) is 12.1 Å². The van der Waals surface area contributed by atoms with Crippen LogP contribution in [0.1, 0.15) is 0 Å². The lowest BCUT2D eigenvalue weighted by Gasteiger charge is -2.05. The highest BCUT2D eigenvalue weighted by molar-refractivity contribution is 5.90. The quantitative estimate of drug-likeness (QED) is 0.686. The van der Waals surface area contributed by atoms with Gasteiger partial charge in [0, 0.05) is 24.8 Å². The highest BCUT2D eigenvalue weighted by Crippen LogP contribution is 2.15. The van der Waals surface area contributed by atoms with Gasteiger partial charge < -0.3 is 10.2 Å². The van der Waals surface area contributed by atoms with E-state index in [2.05, 4.69) is 5.32 Å². The number of carbonyl (C=O) groups excluding carboxylic acids is 1. The molecule has 2 amide bonds. The van der Waals surface area contributed by atoms with Crippen LogP contribution in [-0.4, -0.2) is 24.0 Å². The van der Waals surface area contributed by atoms with Crippen molar-refractivity contribution >= 4 is 11.7 Å². The summed E-state index contributed by atoms with van der Waals surface area (Å²) in [6.07, 6.45) is 0. The number of amides is 2. The summed E-state index contributed by atoms with van der Waals surface area (Å²) in [6.45, 7) is 1.44. The molecule has 0 radical (unpaired) electrons. The van der Waals surface area contributed by atoms with Gasteiger partial charge in [0.1, 0.15) is 0 Å². The topological polar surface area (TPSA) is 32.1 Å². The Morgan fingerprint density at radius 3 is 2.57 bits per heavy atom. The maximum absolute atomic E-state index is 12.7. The molecule has 1 aliphatic rings. The summed E-state index contributed by atoms with van der Waals surface area (Å²) in [7, 11) is 0. The van der Waals surface area contributed by atoms with Crippen LogP contribution in [0.15, 0.2) is 18.2 Å². The average molecular weight is 198 g/mol. The number of benzene rings is 1. The van der Waals surface area contributed by atoms with Gasteiger partial charge in [-0.1, -0.05) is 0 Å². The van der Waals surface area contributed by atoms with Crippen molar-refractivity contribution in [1.82, 2.24) is 4.90 Å². The van der Waals surface area contributed by atoms with Crippen molar-refractivity contribution in [2.75, 3.05) is 18.4 Å². The van der Waals surface area contributed by atoms with E-state index in [0.29, 0.717) is 0 Å². The Labute approximate surface area is 79.3 Å². The summed E-state index contributed by atoms with van der Waals surface area (Å²) in [6, 6.07) is 2.97. The Morgan fingerprint density at radius 1 is 1.29 bits per heavy atom. The predicted molar refractivity (Wildman–Crippen MR) is 46.9 cm³/mol. The van der Waals surface area contributed by atoms with Crippen LogP contribution in [-0.2, 0) is 0 Å². The lowest BCUT2D eigenvalue weighted by molar-refractivity contribution is 0.242. The first-order chi connectivity index (χ1) is 6.66. The largest absolute Gasteiger partial charge is 0.321 e. The standard InChI is InChI=1S/C9H8F2N2O/c10-7-2-1-6(5-8(7)11)12-9(14)13-3-4-13/h1-2,5H,3-4H2,(H,12,14). The number of urea groups is 1. The molecule has 5 heteroatoms. The third-order valence-electron chi connectivity index (χ3n) is 1.91. The summed E-state index contributed by atoms with van der Waals surface area (Å²) in [4.78, 5) is 12.7. The molecule has 1 aromatic carbocycles. The molecule has 0 aliphatic carbocycles. The molecule has 1 aromatic rings. The average Bonchev–Trinajstić information content (AvgIpc) is 2.94. The van der Waals surface area contributed by atoms with E-state index < -0.39 is 11.6 Å². The fraction of sp³-hybridized carbons (Fsp3) is 0.222. The van der Waals surface area contributed by atoms with Crippen molar-refractivity contribution in [3.05, 3.63) is 29.8 Å². The Morgan fingerprint density at radius 2 is 2.00 bits per heavy atom. The van der Waals surface area contributed by atoms with Gasteiger partial charge in [0.25, 0.3) is 0 Å². The molecule has 2 rings (SSSR count). The van der Waals surface area contributed by atoms with E-state index >= 15 is 0 Å². The first kappa shape index (κ1) is 8.93. The number of nitrogens with one attached hydrogen (secondary N) is 1. The molecule has 0 aromatic heterocycles. The number of rotatable bonds is 1. The molecule has 0 spiro atoms. The summed E-state index contributed by atoms with van der Waals surface area (Å²) in [5, 5.41) is 2.45. The van der Waals surface area contributed by atoms with Crippen molar-refractivity contribution in [3.8, 4) is 0 Å². The van der Waals surface area contributed by atoms with Crippen molar-refractivity contribution < 1.29 is 13.6 Å². The summed E-state index contributed by atoms with van der Waals surface area (Å²) >= 11 is 0. The third kappa shape index (κ3) is 1.81. The fourth-order valence-corrected chi connectivity index (χ4v) is 1.03. The van der Waals surface area contributed by atoms with E-state index in [0.717, 1.165) is 25.2 Å². The number of nitrogens with zero attached hydrogens (tertiary/aromatic N) is 1. The van der Waals surface area contributed by atoms with Gasteiger partial charge in [-0.3, -0.25) is 0 Å². The zero-order valence-corrected chi connectivity index (χ0v) is 7.26. The number of hydrogen-bond acceptors (Lipinski definition) is 1. The van der Waals surface area contributed by atoms with Crippen molar-refractivity contribution in [2.45, 2.75) is 0 Å². The molecule has 0 bridgehead atoms. The highest BCUT2D eigenvalue weighted by Gasteiger charge is 2.23. The molecule has 0 atom stereocenters. The van der Waals surface area contributed by atoms with Gasteiger partial charge in [0.05, 0.1) is 0 Å². The van der Waals surface area contributed by atoms with Crippen LogP contribution in [0.5, 0.6) is 0 Å². The fourth-order valence-electron chi connectivity index (χ4n) is 1.03. The van der Waals surface area contributed by atoms with Gasteiger partial charge >= 0.3 is 6.03 Å². The van der Waals surface area contributed by atoms with Crippen LogP contribution in [0.2, 0.25) is 0 Å². The molecule has 14 heavy (non-hydrogen) atoms. The van der Waals surface area contributed by atoms with E-state index in [1.807, 2.05) is 0 Å². The van der Waals surface area contributed by atoms with Crippen LogP contribution in [0, 0.1) is 11.6 Å². The van der Waals surface area contributed by atoms with Crippen LogP contribution in [0.3, 0.4) is 0 Å². The molecule has 1 fully saturated rings. The molecule has 1 saturated heterocycles. The second kappa shape index (κ2) is 3.25. The molecule has 74 valence electrons. The van der Waals surface area contributed by atoms with E-state index in [1.165, 1.54) is 6.07 Å². The number of halogens is 2. The molecular formula is C9H8F2N2O. The van der Waals surface area contributed by atoms with Crippen molar-refractivity contribution in [2.24, 2.45) is 0 Å². The van der Waals surface area contributed by atoms with Crippen LogP contribution in [0.4, 0.5) is 19.3 Å². The molecule has 0 saturated carbocycles. The lowest BCUT2D eigenvalue weighted by atomic mass is 10.3. The normalized spacial score (nSPS) is 14.0. The number of anilines is 1. The monoisotopic (exact) mass is 198 g/mol. The van der Waals surface area contributed by atoms with E-state index in [9.17, 15) is 13.6 Å². The smallest absolute Gasteiger partial charge is 0.321 e. The first-order valence-corrected chi connectivity index (χ1v) is 4.18. The maximum Gasteiger partial charge on any atom is 0.321 e.